The molecule has 0 unspecified atom stereocenters. The van der Waals surface area contributed by atoms with Gasteiger partial charge in [-0.3, -0.25) is 0 Å². The summed E-state index contributed by atoms with van der Waals surface area (Å²) in [6, 6.07) is 6.44. The molecule has 0 N–H and O–H groups in total. The predicted octanol–water partition coefficient (Wildman–Crippen LogP) is 3.97. The van der Waals surface area contributed by atoms with Crippen LogP contribution in [0.2, 0.25) is 0 Å². The maximum Gasteiger partial charge on any atom is -0.0228 e. The highest BCUT2D eigenvalue weighted by Crippen LogP contribution is 2.14. The van der Waals surface area contributed by atoms with E-state index in [-0.39, 0.29) is 0 Å². The molecule has 0 aromatic heterocycles. The normalized spacial score (nSPS) is 11.5. The van der Waals surface area contributed by atoms with Gasteiger partial charge in [0.15, 0.2) is 0 Å². The second-order valence-corrected chi connectivity index (χ2v) is 3.89. The van der Waals surface area contributed by atoms with Crippen LogP contribution in [0, 0.1) is 19.8 Å². The van der Waals surface area contributed by atoms with Crippen LogP contribution >= 0.6 is 0 Å². The molecule has 0 aliphatic rings. The molecule has 0 nitrogen and oxygen atoms in total. The summed E-state index contributed by atoms with van der Waals surface area (Å²) >= 11 is 0. The van der Waals surface area contributed by atoms with Crippen molar-refractivity contribution in [2.75, 3.05) is 0 Å². The van der Waals surface area contributed by atoms with E-state index >= 15 is 0 Å². The van der Waals surface area contributed by atoms with Crippen LogP contribution in [0.1, 0.15) is 30.5 Å². The van der Waals surface area contributed by atoms with Gasteiger partial charge in [-0.25, -0.2) is 0 Å². The third-order valence-electron chi connectivity index (χ3n) is 2.31. The number of hydrogen-bond acceptors (Lipinski definition) is 0. The molecule has 13 heavy (non-hydrogen) atoms. The lowest BCUT2D eigenvalue weighted by molar-refractivity contribution is 0.836. The molecule has 0 radical (unpaired) electrons. The molecule has 0 aliphatic heterocycles. The van der Waals surface area contributed by atoms with E-state index < -0.39 is 0 Å². The Labute approximate surface area is 81.3 Å². The Hall–Kier alpha value is -1.04. The van der Waals surface area contributed by atoms with Crippen molar-refractivity contribution in [2.24, 2.45) is 5.92 Å². The highest BCUT2D eigenvalue weighted by molar-refractivity contribution is 5.55. The van der Waals surface area contributed by atoms with E-state index in [9.17, 15) is 0 Å². The molecule has 0 saturated carbocycles. The van der Waals surface area contributed by atoms with Crippen molar-refractivity contribution in [3.8, 4) is 0 Å². The number of rotatable bonds is 2. The van der Waals surface area contributed by atoms with Crippen molar-refractivity contribution in [1.82, 2.24) is 0 Å². The van der Waals surface area contributed by atoms with Crippen molar-refractivity contribution in [3.63, 3.8) is 0 Å². The summed E-state index contributed by atoms with van der Waals surface area (Å²) in [5, 5.41) is 0. The molecule has 1 rings (SSSR count). The van der Waals surface area contributed by atoms with Crippen molar-refractivity contribution < 1.29 is 0 Å². The standard InChI is InChI=1S/C13H18/c1-10(2)8-9-13-7-5-6-11(3)12(13)4/h5-10H,1-4H3/b9-8-. The molecule has 0 heteroatoms. The highest BCUT2D eigenvalue weighted by Gasteiger charge is 1.96. The third-order valence-corrected chi connectivity index (χ3v) is 2.31. The second kappa shape index (κ2) is 4.27. The molecular formula is C13H18. The zero-order chi connectivity index (χ0) is 9.84. The van der Waals surface area contributed by atoms with E-state index in [4.69, 9.17) is 0 Å². The van der Waals surface area contributed by atoms with Crippen molar-refractivity contribution in [1.29, 1.82) is 0 Å². The fourth-order valence-electron chi connectivity index (χ4n) is 1.25. The minimum atomic E-state index is 0.625. The summed E-state index contributed by atoms with van der Waals surface area (Å²) in [6.07, 6.45) is 4.45. The Bertz CT molecular complexity index is 306. The van der Waals surface area contributed by atoms with E-state index in [0.717, 1.165) is 0 Å². The zero-order valence-electron chi connectivity index (χ0n) is 8.96. The molecule has 0 heterocycles. The summed E-state index contributed by atoms with van der Waals surface area (Å²) in [5.41, 5.74) is 4.10. The maximum absolute atomic E-state index is 2.24. The highest BCUT2D eigenvalue weighted by atomic mass is 14.0. The lowest BCUT2D eigenvalue weighted by atomic mass is 10.0. The first kappa shape index (κ1) is 10.0. The van der Waals surface area contributed by atoms with E-state index in [2.05, 4.69) is 58.0 Å². The van der Waals surface area contributed by atoms with Gasteiger partial charge in [-0.1, -0.05) is 44.2 Å². The number of hydrogen-bond donors (Lipinski definition) is 0. The van der Waals surface area contributed by atoms with Crippen LogP contribution in [0.15, 0.2) is 24.3 Å². The van der Waals surface area contributed by atoms with Crippen LogP contribution in [0.4, 0.5) is 0 Å². The van der Waals surface area contributed by atoms with Gasteiger partial charge in [0.25, 0.3) is 0 Å². The fraction of sp³-hybridized carbons (Fsp3) is 0.385. The third kappa shape index (κ3) is 2.73. The molecule has 0 aliphatic carbocycles. The molecule has 0 fully saturated rings. The van der Waals surface area contributed by atoms with Gasteiger partial charge in [0, 0.05) is 0 Å². The minimum absolute atomic E-state index is 0.625. The first-order valence-electron chi connectivity index (χ1n) is 4.85. The van der Waals surface area contributed by atoms with Gasteiger partial charge >= 0.3 is 0 Å². The van der Waals surface area contributed by atoms with Crippen LogP contribution in [0.5, 0.6) is 0 Å². The largest absolute Gasteiger partial charge is 0.0814 e. The van der Waals surface area contributed by atoms with E-state index in [1.54, 1.807) is 0 Å². The SMILES string of the molecule is Cc1cccc(/C=C\C(C)C)c1C. The van der Waals surface area contributed by atoms with Gasteiger partial charge in [0.05, 0.1) is 0 Å². The van der Waals surface area contributed by atoms with Crippen molar-refractivity contribution in [2.45, 2.75) is 27.7 Å². The number of benzene rings is 1. The van der Waals surface area contributed by atoms with Crippen LogP contribution in [0.25, 0.3) is 6.08 Å². The Morgan fingerprint density at radius 3 is 2.46 bits per heavy atom. The number of allylic oxidation sites excluding steroid dienone is 1. The van der Waals surface area contributed by atoms with Crippen LogP contribution < -0.4 is 0 Å². The summed E-state index contributed by atoms with van der Waals surface area (Å²) in [7, 11) is 0. The quantitative estimate of drug-likeness (QED) is 0.636. The minimum Gasteiger partial charge on any atom is -0.0814 e. The average molecular weight is 174 g/mol. The van der Waals surface area contributed by atoms with Crippen molar-refractivity contribution >= 4 is 6.08 Å². The Morgan fingerprint density at radius 1 is 1.15 bits per heavy atom. The van der Waals surface area contributed by atoms with Crippen LogP contribution in [0.3, 0.4) is 0 Å². The maximum atomic E-state index is 2.24. The van der Waals surface area contributed by atoms with Gasteiger partial charge in [-0.2, -0.15) is 0 Å². The Morgan fingerprint density at radius 2 is 1.85 bits per heavy atom. The summed E-state index contributed by atoms with van der Waals surface area (Å²) in [6.45, 7) is 8.72. The predicted molar refractivity (Wildman–Crippen MR) is 59.8 cm³/mol. The first-order chi connectivity index (χ1) is 6.11. The van der Waals surface area contributed by atoms with E-state index in [1.165, 1.54) is 16.7 Å². The van der Waals surface area contributed by atoms with Gasteiger partial charge in [-0.15, -0.1) is 0 Å². The Balaban J connectivity index is 2.95. The topological polar surface area (TPSA) is 0 Å². The van der Waals surface area contributed by atoms with Crippen molar-refractivity contribution in [3.05, 3.63) is 41.0 Å². The monoisotopic (exact) mass is 174 g/mol. The summed E-state index contributed by atoms with van der Waals surface area (Å²) in [5.74, 6) is 0.625. The van der Waals surface area contributed by atoms with Gasteiger partial charge in [0.1, 0.15) is 0 Å². The van der Waals surface area contributed by atoms with Gasteiger partial charge in [-0.05, 0) is 36.5 Å². The van der Waals surface area contributed by atoms with Crippen LogP contribution in [-0.2, 0) is 0 Å². The Kier molecular flexibility index (Phi) is 3.30. The molecule has 0 spiro atoms. The molecule has 70 valence electrons. The molecular weight excluding hydrogens is 156 g/mol. The van der Waals surface area contributed by atoms with Gasteiger partial charge < -0.3 is 0 Å². The second-order valence-electron chi connectivity index (χ2n) is 3.89. The van der Waals surface area contributed by atoms with Crippen LogP contribution in [-0.4, -0.2) is 0 Å². The average Bonchev–Trinajstić information content (AvgIpc) is 2.07. The molecule has 1 aromatic carbocycles. The number of aryl methyl sites for hydroxylation is 1. The molecule has 0 bridgehead atoms. The molecule has 0 atom stereocenters. The zero-order valence-corrected chi connectivity index (χ0v) is 8.96. The van der Waals surface area contributed by atoms with E-state index in [1.807, 2.05) is 0 Å². The fourth-order valence-corrected chi connectivity index (χ4v) is 1.25. The molecule has 0 saturated heterocycles. The van der Waals surface area contributed by atoms with Gasteiger partial charge in [0.2, 0.25) is 0 Å². The first-order valence-corrected chi connectivity index (χ1v) is 4.85. The smallest absolute Gasteiger partial charge is 0.0228 e. The lowest BCUT2D eigenvalue weighted by Crippen LogP contribution is -1.85. The lowest BCUT2D eigenvalue weighted by Gasteiger charge is -2.04. The summed E-state index contributed by atoms with van der Waals surface area (Å²) < 4.78 is 0. The summed E-state index contributed by atoms with van der Waals surface area (Å²) in [4.78, 5) is 0. The van der Waals surface area contributed by atoms with E-state index in [0.29, 0.717) is 5.92 Å². The molecule has 1 aromatic rings. The molecule has 0 amide bonds.